The van der Waals surface area contributed by atoms with Gasteiger partial charge in [0.15, 0.2) is 0 Å². The fourth-order valence-corrected chi connectivity index (χ4v) is 3.96. The largest absolute Gasteiger partial charge is 0.469 e. The first-order valence-electron chi connectivity index (χ1n) is 6.98. The van der Waals surface area contributed by atoms with Crippen molar-refractivity contribution in [1.29, 1.82) is 0 Å². The molecule has 2 heterocycles. The third kappa shape index (κ3) is 3.57. The van der Waals surface area contributed by atoms with Gasteiger partial charge in [-0.2, -0.15) is 0 Å². The summed E-state index contributed by atoms with van der Waals surface area (Å²) in [5.74, 6) is -0.530. The van der Waals surface area contributed by atoms with E-state index in [9.17, 15) is 9.59 Å². The Balaban J connectivity index is 1.70. The molecule has 0 aliphatic carbocycles. The number of thiophene rings is 1. The van der Waals surface area contributed by atoms with Gasteiger partial charge in [0.25, 0.3) is 5.91 Å². The molecule has 1 amide bonds. The minimum Gasteiger partial charge on any atom is -0.469 e. The summed E-state index contributed by atoms with van der Waals surface area (Å²) in [5, 5.41) is 3.62. The van der Waals surface area contributed by atoms with Crippen LogP contribution in [0.5, 0.6) is 0 Å². The Kier molecular flexibility index (Phi) is 4.68. The molecule has 0 saturated heterocycles. The van der Waals surface area contributed by atoms with Crippen LogP contribution in [0.3, 0.4) is 0 Å². The molecule has 1 aromatic carbocycles. The Morgan fingerprint density at radius 2 is 2.00 bits per heavy atom. The van der Waals surface area contributed by atoms with Crippen LogP contribution in [0.2, 0.25) is 0 Å². The lowest BCUT2D eigenvalue weighted by Crippen LogP contribution is -2.25. The number of nitrogens with zero attached hydrogens (tertiary/aromatic N) is 1. The van der Waals surface area contributed by atoms with Crippen molar-refractivity contribution < 1.29 is 14.3 Å². The highest BCUT2D eigenvalue weighted by Crippen LogP contribution is 2.34. The van der Waals surface area contributed by atoms with Crippen molar-refractivity contribution in [3.05, 3.63) is 41.3 Å². The van der Waals surface area contributed by atoms with Gasteiger partial charge in [-0.25, -0.2) is 4.98 Å². The molecule has 5 nitrogen and oxygen atoms in total. The average Bonchev–Trinajstić information content (AvgIpc) is 3.20. The van der Waals surface area contributed by atoms with Crippen LogP contribution in [0.15, 0.2) is 36.4 Å². The second-order valence-electron chi connectivity index (χ2n) is 4.73. The predicted molar refractivity (Wildman–Crippen MR) is 91.9 cm³/mol. The summed E-state index contributed by atoms with van der Waals surface area (Å²) in [6.07, 6.45) is 0.165. The van der Waals surface area contributed by atoms with Crippen LogP contribution >= 0.6 is 22.7 Å². The summed E-state index contributed by atoms with van der Waals surface area (Å²) in [6.45, 7) is 0.264. The zero-order valence-corrected chi connectivity index (χ0v) is 14.0. The minimum atomic E-state index is -0.341. The first-order valence-corrected chi connectivity index (χ1v) is 8.61. The molecular weight excluding hydrogens is 332 g/mol. The fourth-order valence-electron chi connectivity index (χ4n) is 2.02. The zero-order valence-electron chi connectivity index (χ0n) is 12.4. The number of hydrogen-bond donors (Lipinski definition) is 1. The lowest BCUT2D eigenvalue weighted by atomic mass is 10.3. The summed E-state index contributed by atoms with van der Waals surface area (Å²) in [6, 6.07) is 11.6. The first kappa shape index (κ1) is 15.6. The van der Waals surface area contributed by atoms with Crippen LogP contribution < -0.4 is 5.32 Å². The molecule has 23 heavy (non-hydrogen) atoms. The topological polar surface area (TPSA) is 68.3 Å². The molecule has 2 aromatic heterocycles. The number of benzene rings is 1. The van der Waals surface area contributed by atoms with Crippen molar-refractivity contribution in [2.75, 3.05) is 13.7 Å². The van der Waals surface area contributed by atoms with Gasteiger partial charge in [0.1, 0.15) is 5.01 Å². The van der Waals surface area contributed by atoms with Gasteiger partial charge in [-0.3, -0.25) is 9.59 Å². The molecular formula is C16H14N2O3S2. The molecule has 0 aliphatic heterocycles. The number of esters is 1. The number of hydrogen-bond acceptors (Lipinski definition) is 6. The van der Waals surface area contributed by atoms with Gasteiger partial charge in [0.05, 0.1) is 33.5 Å². The Hall–Kier alpha value is -2.25. The second-order valence-corrected chi connectivity index (χ2v) is 6.85. The lowest BCUT2D eigenvalue weighted by molar-refractivity contribution is -0.140. The number of rotatable bonds is 5. The summed E-state index contributed by atoms with van der Waals surface area (Å²) in [5.41, 5.74) is 0.963. The number of ether oxygens (including phenoxy) is 1. The third-order valence-electron chi connectivity index (χ3n) is 3.18. The number of fused-ring (bicyclic) bond motifs is 1. The highest BCUT2D eigenvalue weighted by atomic mass is 32.1. The molecule has 7 heteroatoms. The van der Waals surface area contributed by atoms with Gasteiger partial charge in [-0.05, 0) is 24.3 Å². The van der Waals surface area contributed by atoms with E-state index in [1.165, 1.54) is 18.4 Å². The highest BCUT2D eigenvalue weighted by molar-refractivity contribution is 7.26. The Morgan fingerprint density at radius 3 is 2.78 bits per heavy atom. The number of carbonyl (C=O) groups excluding carboxylic acids is 2. The van der Waals surface area contributed by atoms with E-state index in [1.807, 2.05) is 30.3 Å². The Labute approximate surface area is 140 Å². The SMILES string of the molecule is COC(=O)CCNC(=O)c1ccc(-c2nc3ccccc3s2)s1. The molecule has 0 spiro atoms. The lowest BCUT2D eigenvalue weighted by Gasteiger charge is -2.01. The molecule has 0 bridgehead atoms. The quantitative estimate of drug-likeness (QED) is 0.720. The van der Waals surface area contributed by atoms with E-state index < -0.39 is 0 Å². The molecule has 3 aromatic rings. The van der Waals surface area contributed by atoms with Gasteiger partial charge in [0.2, 0.25) is 0 Å². The molecule has 118 valence electrons. The van der Waals surface area contributed by atoms with Gasteiger partial charge < -0.3 is 10.1 Å². The van der Waals surface area contributed by atoms with Crippen molar-refractivity contribution in [3.8, 4) is 9.88 Å². The van der Waals surface area contributed by atoms with Crippen LogP contribution in [0, 0.1) is 0 Å². The van der Waals surface area contributed by atoms with Crippen LogP contribution in [0.25, 0.3) is 20.1 Å². The minimum absolute atomic E-state index is 0.165. The normalized spacial score (nSPS) is 10.7. The maximum absolute atomic E-state index is 12.1. The molecule has 3 rings (SSSR count). The number of para-hydroxylation sites is 1. The third-order valence-corrected chi connectivity index (χ3v) is 5.47. The van der Waals surface area contributed by atoms with Gasteiger partial charge in [-0.15, -0.1) is 22.7 Å². The van der Waals surface area contributed by atoms with E-state index in [1.54, 1.807) is 17.4 Å². The van der Waals surface area contributed by atoms with Crippen molar-refractivity contribution in [2.24, 2.45) is 0 Å². The summed E-state index contributed by atoms with van der Waals surface area (Å²) in [7, 11) is 1.33. The van der Waals surface area contributed by atoms with Crippen LogP contribution in [0.1, 0.15) is 16.1 Å². The van der Waals surface area contributed by atoms with Gasteiger partial charge in [0, 0.05) is 6.54 Å². The van der Waals surface area contributed by atoms with Crippen molar-refractivity contribution in [3.63, 3.8) is 0 Å². The van der Waals surface area contributed by atoms with E-state index in [4.69, 9.17) is 0 Å². The van der Waals surface area contributed by atoms with Crippen molar-refractivity contribution in [1.82, 2.24) is 10.3 Å². The van der Waals surface area contributed by atoms with Gasteiger partial charge in [-0.1, -0.05) is 12.1 Å². The summed E-state index contributed by atoms with van der Waals surface area (Å²) < 4.78 is 5.66. The molecule has 0 radical (unpaired) electrons. The maximum atomic E-state index is 12.1. The Bertz CT molecular complexity index is 821. The number of amides is 1. The summed E-state index contributed by atoms with van der Waals surface area (Å²) >= 11 is 3.00. The van der Waals surface area contributed by atoms with Crippen molar-refractivity contribution in [2.45, 2.75) is 6.42 Å². The van der Waals surface area contributed by atoms with Gasteiger partial charge >= 0.3 is 5.97 Å². The van der Waals surface area contributed by atoms with E-state index in [2.05, 4.69) is 15.0 Å². The standard InChI is InChI=1S/C16H14N2O3S2/c1-21-14(19)8-9-17-15(20)12-6-7-13(22-12)16-18-10-4-2-3-5-11(10)23-16/h2-7H,8-9H2,1H3,(H,17,20). The number of nitrogens with one attached hydrogen (secondary N) is 1. The molecule has 0 fully saturated rings. The number of methoxy groups -OCH3 is 1. The van der Waals surface area contributed by atoms with Crippen LogP contribution in [0.4, 0.5) is 0 Å². The first-order chi connectivity index (χ1) is 11.2. The van der Waals surface area contributed by atoms with E-state index >= 15 is 0 Å². The smallest absolute Gasteiger partial charge is 0.307 e. The molecule has 0 unspecified atom stereocenters. The second kappa shape index (κ2) is 6.89. The molecule has 0 saturated carbocycles. The average molecular weight is 346 g/mol. The maximum Gasteiger partial charge on any atom is 0.307 e. The van der Waals surface area contributed by atoms with Crippen molar-refractivity contribution >= 4 is 44.8 Å². The highest BCUT2D eigenvalue weighted by Gasteiger charge is 2.13. The number of aromatic nitrogens is 1. The van der Waals surface area contributed by atoms with E-state index in [0.717, 1.165) is 20.1 Å². The van der Waals surface area contributed by atoms with E-state index in [0.29, 0.717) is 4.88 Å². The zero-order chi connectivity index (χ0) is 16.2. The number of carbonyl (C=O) groups is 2. The monoisotopic (exact) mass is 346 g/mol. The fraction of sp³-hybridized carbons (Fsp3) is 0.188. The Morgan fingerprint density at radius 1 is 1.17 bits per heavy atom. The predicted octanol–water partition coefficient (Wildman–Crippen LogP) is 3.32. The number of thiazole rings is 1. The van der Waals surface area contributed by atoms with Crippen LogP contribution in [-0.2, 0) is 9.53 Å². The van der Waals surface area contributed by atoms with E-state index in [-0.39, 0.29) is 24.8 Å². The summed E-state index contributed by atoms with van der Waals surface area (Å²) in [4.78, 5) is 29.2. The van der Waals surface area contributed by atoms with Crippen LogP contribution in [-0.4, -0.2) is 30.5 Å². The molecule has 0 atom stereocenters. The molecule has 1 N–H and O–H groups in total. The molecule has 0 aliphatic rings.